The first-order chi connectivity index (χ1) is 30.1. The summed E-state index contributed by atoms with van der Waals surface area (Å²) in [5.74, 6) is -2.37. The molecule has 0 heterocycles. The average molecular weight is 900 g/mol. The van der Waals surface area contributed by atoms with Gasteiger partial charge in [0.1, 0.15) is 12.7 Å². The van der Waals surface area contributed by atoms with E-state index in [4.69, 9.17) is 13.8 Å². The third-order valence-electron chi connectivity index (χ3n) is 11.2. The van der Waals surface area contributed by atoms with Gasteiger partial charge in [0.15, 0.2) is 6.04 Å². The number of unbranched alkanes of at least 4 members (excludes halogenated alkanes) is 30. The molecular weight excluding hydrogens is 806 g/mol. The number of carbonyl (C=O) groups excluding carboxylic acids is 2. The molecule has 0 aromatic rings. The van der Waals surface area contributed by atoms with Crippen LogP contribution in [0, 0.1) is 0 Å². The van der Waals surface area contributed by atoms with E-state index in [9.17, 15) is 34.1 Å². The second-order valence-corrected chi connectivity index (χ2v) is 18.8. The summed E-state index contributed by atoms with van der Waals surface area (Å²) in [6.45, 7) is 2.60. The maximum atomic E-state index is 12.4. The monoisotopic (exact) mass is 900 g/mol. The largest absolute Gasteiger partial charge is 0.480 e. The summed E-state index contributed by atoms with van der Waals surface area (Å²) in [6, 6.07) is -1.55. The number of aliphatic hydroxyl groups excluding tert-OH is 1. The summed E-state index contributed by atoms with van der Waals surface area (Å²) in [6.07, 6.45) is 49.1. The van der Waals surface area contributed by atoms with Crippen molar-refractivity contribution >= 4 is 25.7 Å². The van der Waals surface area contributed by atoms with Crippen LogP contribution in [0.5, 0.6) is 0 Å². The second kappa shape index (κ2) is 45.5. The minimum atomic E-state index is -4.76. The lowest BCUT2D eigenvalue weighted by atomic mass is 10.0. The SMILES string of the molecule is CCCCCC/C=C\C/C=C\CCCCCCCC(=O)OCC(O)COP(=O)(O)OCC(NC(=O)CCCCCCCCCCCCCCCCCCCCCCCC)C(=O)O. The van der Waals surface area contributed by atoms with E-state index in [1.54, 1.807) is 0 Å². The van der Waals surface area contributed by atoms with Crippen molar-refractivity contribution in [3.63, 3.8) is 0 Å². The number of phosphoric acid groups is 1. The van der Waals surface area contributed by atoms with E-state index >= 15 is 0 Å². The van der Waals surface area contributed by atoms with Crippen LogP contribution >= 0.6 is 7.82 Å². The molecule has 11 nitrogen and oxygen atoms in total. The predicted octanol–water partition coefficient (Wildman–Crippen LogP) is 13.8. The zero-order chi connectivity index (χ0) is 45.6. The molecule has 0 fully saturated rings. The Bertz CT molecular complexity index is 1150. The van der Waals surface area contributed by atoms with Crippen molar-refractivity contribution in [1.29, 1.82) is 0 Å². The van der Waals surface area contributed by atoms with E-state index in [0.29, 0.717) is 12.8 Å². The molecule has 3 atom stereocenters. The predicted molar refractivity (Wildman–Crippen MR) is 254 cm³/mol. The average Bonchev–Trinajstić information content (AvgIpc) is 3.25. The fraction of sp³-hybridized carbons (Fsp3) is 0.860. The van der Waals surface area contributed by atoms with Crippen molar-refractivity contribution < 1.29 is 47.8 Å². The molecule has 0 aromatic heterocycles. The van der Waals surface area contributed by atoms with Gasteiger partial charge < -0.3 is 25.2 Å². The number of phosphoric ester groups is 1. The molecule has 0 aliphatic heterocycles. The number of hydrogen-bond acceptors (Lipinski definition) is 8. The van der Waals surface area contributed by atoms with Gasteiger partial charge in [0.05, 0.1) is 13.2 Å². The number of carboxylic acids is 1. The third-order valence-corrected chi connectivity index (χ3v) is 12.2. The summed E-state index contributed by atoms with van der Waals surface area (Å²) >= 11 is 0. The fourth-order valence-electron chi connectivity index (χ4n) is 7.29. The van der Waals surface area contributed by atoms with Gasteiger partial charge >= 0.3 is 19.8 Å². The summed E-state index contributed by atoms with van der Waals surface area (Å²) in [5, 5.41) is 21.9. The number of ether oxygens (including phenoxy) is 1. The van der Waals surface area contributed by atoms with Gasteiger partial charge in [-0.05, 0) is 44.9 Å². The summed E-state index contributed by atoms with van der Waals surface area (Å²) in [5.41, 5.74) is 0. The van der Waals surface area contributed by atoms with Crippen LogP contribution in [0.25, 0.3) is 0 Å². The quantitative estimate of drug-likeness (QED) is 0.0200. The Labute approximate surface area is 379 Å². The first-order valence-corrected chi connectivity index (χ1v) is 26.9. The van der Waals surface area contributed by atoms with Crippen molar-refractivity contribution in [2.45, 2.75) is 257 Å². The van der Waals surface area contributed by atoms with E-state index in [2.05, 4.69) is 43.5 Å². The Balaban J connectivity index is 3.82. The van der Waals surface area contributed by atoms with Crippen molar-refractivity contribution in [3.8, 4) is 0 Å². The van der Waals surface area contributed by atoms with Crippen LogP contribution in [0.4, 0.5) is 0 Å². The topological polar surface area (TPSA) is 169 Å². The normalized spacial score (nSPS) is 13.7. The summed E-state index contributed by atoms with van der Waals surface area (Å²) in [4.78, 5) is 46.1. The molecule has 0 radical (unpaired) electrons. The van der Waals surface area contributed by atoms with Crippen LogP contribution in [0.15, 0.2) is 24.3 Å². The van der Waals surface area contributed by atoms with Gasteiger partial charge in [0, 0.05) is 12.8 Å². The Morgan fingerprint density at radius 3 is 1.32 bits per heavy atom. The molecule has 4 N–H and O–H groups in total. The fourth-order valence-corrected chi connectivity index (χ4v) is 8.06. The number of nitrogens with one attached hydrogen (secondary N) is 1. The van der Waals surface area contributed by atoms with E-state index in [1.165, 1.54) is 148 Å². The zero-order valence-corrected chi connectivity index (χ0v) is 40.6. The number of carbonyl (C=O) groups is 3. The number of amides is 1. The Hall–Kier alpha value is -2.04. The highest BCUT2D eigenvalue weighted by Crippen LogP contribution is 2.43. The first-order valence-electron chi connectivity index (χ1n) is 25.4. The molecular formula is C50H94NO10P. The second-order valence-electron chi connectivity index (χ2n) is 17.4. The Morgan fingerprint density at radius 2 is 0.887 bits per heavy atom. The zero-order valence-electron chi connectivity index (χ0n) is 39.7. The van der Waals surface area contributed by atoms with Gasteiger partial charge in [-0.15, -0.1) is 0 Å². The lowest BCUT2D eigenvalue weighted by molar-refractivity contribution is -0.147. The molecule has 364 valence electrons. The molecule has 0 bridgehead atoms. The smallest absolute Gasteiger partial charge is 0.472 e. The minimum absolute atomic E-state index is 0.150. The minimum Gasteiger partial charge on any atom is -0.480 e. The van der Waals surface area contributed by atoms with Crippen molar-refractivity contribution in [2.24, 2.45) is 0 Å². The lowest BCUT2D eigenvalue weighted by Gasteiger charge is -2.18. The Morgan fingerprint density at radius 1 is 0.516 bits per heavy atom. The van der Waals surface area contributed by atoms with Crippen molar-refractivity contribution in [2.75, 3.05) is 19.8 Å². The van der Waals surface area contributed by atoms with Gasteiger partial charge in [-0.2, -0.15) is 0 Å². The number of hydrogen-bond donors (Lipinski definition) is 4. The molecule has 0 saturated carbocycles. The van der Waals surface area contributed by atoms with Crippen molar-refractivity contribution in [1.82, 2.24) is 5.32 Å². The van der Waals surface area contributed by atoms with E-state index < -0.39 is 57.6 Å². The molecule has 0 spiro atoms. The number of rotatable bonds is 48. The molecule has 0 aliphatic carbocycles. The third kappa shape index (κ3) is 44.6. The number of esters is 1. The van der Waals surface area contributed by atoms with Crippen LogP contribution in [0.1, 0.15) is 245 Å². The number of allylic oxidation sites excluding steroid dienone is 4. The van der Waals surface area contributed by atoms with Gasteiger partial charge in [-0.1, -0.05) is 212 Å². The van der Waals surface area contributed by atoms with Crippen LogP contribution in [0.3, 0.4) is 0 Å². The molecule has 0 rings (SSSR count). The standard InChI is InChI=1S/C50H94NO10P/c1-3-5-7-9-11-13-15-17-19-21-22-23-24-25-26-27-29-31-33-35-37-39-41-48(53)51-47(50(55)56)45-61-62(57,58)60-44-46(52)43-59-49(54)42-40-38-36-34-32-30-28-20-18-16-14-12-10-8-6-4-2/h14,16,20,28,46-47,52H,3-13,15,17-19,21-27,29-45H2,1-2H3,(H,51,53)(H,55,56)(H,57,58)/b16-14-,28-20-. The van der Waals surface area contributed by atoms with Gasteiger partial charge in [0.2, 0.25) is 5.91 Å². The van der Waals surface area contributed by atoms with Gasteiger partial charge in [0.25, 0.3) is 0 Å². The maximum absolute atomic E-state index is 12.4. The molecule has 3 unspecified atom stereocenters. The molecule has 1 amide bonds. The summed E-state index contributed by atoms with van der Waals surface area (Å²) < 4.78 is 26.9. The number of aliphatic carboxylic acids is 1. The molecule has 12 heteroatoms. The highest BCUT2D eigenvalue weighted by molar-refractivity contribution is 7.47. The van der Waals surface area contributed by atoms with Crippen LogP contribution < -0.4 is 5.32 Å². The first kappa shape index (κ1) is 60.0. The number of aliphatic hydroxyl groups is 1. The van der Waals surface area contributed by atoms with Gasteiger partial charge in [-0.3, -0.25) is 18.6 Å². The molecule has 0 saturated heterocycles. The van der Waals surface area contributed by atoms with E-state index in [-0.39, 0.29) is 12.8 Å². The van der Waals surface area contributed by atoms with Crippen LogP contribution in [-0.2, 0) is 32.7 Å². The van der Waals surface area contributed by atoms with Crippen LogP contribution in [-0.4, -0.2) is 64.9 Å². The summed E-state index contributed by atoms with van der Waals surface area (Å²) in [7, 11) is -4.76. The molecule has 62 heavy (non-hydrogen) atoms. The lowest BCUT2D eigenvalue weighted by Crippen LogP contribution is -2.43. The van der Waals surface area contributed by atoms with Crippen molar-refractivity contribution in [3.05, 3.63) is 24.3 Å². The van der Waals surface area contributed by atoms with Crippen LogP contribution in [0.2, 0.25) is 0 Å². The highest BCUT2D eigenvalue weighted by atomic mass is 31.2. The molecule has 0 aliphatic rings. The Kier molecular flexibility index (Phi) is 44.0. The van der Waals surface area contributed by atoms with E-state index in [1.807, 2.05) is 0 Å². The highest BCUT2D eigenvalue weighted by Gasteiger charge is 2.28. The maximum Gasteiger partial charge on any atom is 0.472 e. The van der Waals surface area contributed by atoms with Gasteiger partial charge in [-0.25, -0.2) is 9.36 Å². The number of carboxylic acid groups (broad SMARTS) is 1. The van der Waals surface area contributed by atoms with E-state index in [0.717, 1.165) is 57.8 Å². The molecule has 0 aromatic carbocycles.